The summed E-state index contributed by atoms with van der Waals surface area (Å²) in [7, 11) is 0. The summed E-state index contributed by atoms with van der Waals surface area (Å²) in [5.74, 6) is -0.830. The van der Waals surface area contributed by atoms with Gasteiger partial charge >= 0.3 is 5.97 Å². The third kappa shape index (κ3) is 3.54. The zero-order valence-corrected chi connectivity index (χ0v) is 10.4. The Morgan fingerprint density at radius 1 is 1.41 bits per heavy atom. The van der Waals surface area contributed by atoms with E-state index in [4.69, 9.17) is 16.7 Å². The van der Waals surface area contributed by atoms with E-state index < -0.39 is 5.97 Å². The summed E-state index contributed by atoms with van der Waals surface area (Å²) in [6, 6.07) is 9.35. The van der Waals surface area contributed by atoms with Crippen LogP contribution in [0.2, 0.25) is 5.02 Å². The van der Waals surface area contributed by atoms with Gasteiger partial charge in [0, 0.05) is 16.1 Å². The molecule has 0 aliphatic heterocycles. The number of H-pyrrole nitrogens is 1. The number of halogens is 1. The first kappa shape index (κ1) is 12.1. The van der Waals surface area contributed by atoms with Gasteiger partial charge in [0.1, 0.15) is 0 Å². The molecule has 0 amide bonds. The smallest absolute Gasteiger partial charge is 0.307 e. The topological polar surface area (TPSA) is 53.1 Å². The third-order valence-electron chi connectivity index (χ3n) is 2.10. The molecule has 0 unspecified atom stereocenters. The molecule has 2 rings (SSSR count). The van der Waals surface area contributed by atoms with E-state index in [0.717, 1.165) is 15.5 Å². The van der Waals surface area contributed by atoms with Crippen LogP contribution in [-0.4, -0.2) is 16.1 Å². The van der Waals surface area contributed by atoms with E-state index in [1.54, 1.807) is 6.20 Å². The van der Waals surface area contributed by atoms with Gasteiger partial charge in [-0.1, -0.05) is 29.4 Å². The standard InChI is InChI=1S/C12H10ClNO2S/c13-9-2-1-3-10(6-9)17-11-4-8(7-14-11)5-12(15)16/h1-4,6-7,14H,5H2,(H,15,16). The molecule has 0 atom stereocenters. The number of hydrogen-bond donors (Lipinski definition) is 2. The summed E-state index contributed by atoms with van der Waals surface area (Å²) >= 11 is 7.40. The number of benzene rings is 1. The van der Waals surface area contributed by atoms with Gasteiger partial charge in [0.25, 0.3) is 0 Å². The molecule has 1 heterocycles. The van der Waals surface area contributed by atoms with E-state index in [2.05, 4.69) is 4.98 Å². The van der Waals surface area contributed by atoms with Crippen LogP contribution in [0.25, 0.3) is 0 Å². The molecule has 0 fully saturated rings. The molecule has 2 N–H and O–H groups in total. The number of carbonyl (C=O) groups is 1. The summed E-state index contributed by atoms with van der Waals surface area (Å²) in [6.07, 6.45) is 1.74. The molecule has 3 nitrogen and oxygen atoms in total. The van der Waals surface area contributed by atoms with Gasteiger partial charge in [0.15, 0.2) is 0 Å². The third-order valence-corrected chi connectivity index (χ3v) is 3.28. The molecule has 0 spiro atoms. The highest BCUT2D eigenvalue weighted by Crippen LogP contribution is 2.28. The Balaban J connectivity index is 2.08. The van der Waals surface area contributed by atoms with Crippen LogP contribution in [0.3, 0.4) is 0 Å². The Hall–Kier alpha value is -1.39. The Bertz CT molecular complexity index is 539. The Labute approximate surface area is 108 Å². The molecule has 17 heavy (non-hydrogen) atoms. The minimum absolute atomic E-state index is 0.0343. The van der Waals surface area contributed by atoms with Crippen molar-refractivity contribution < 1.29 is 9.90 Å². The summed E-state index contributed by atoms with van der Waals surface area (Å²) in [5.41, 5.74) is 0.766. The number of rotatable bonds is 4. The lowest BCUT2D eigenvalue weighted by molar-refractivity contribution is -0.136. The van der Waals surface area contributed by atoms with E-state index >= 15 is 0 Å². The van der Waals surface area contributed by atoms with Gasteiger partial charge in [-0.2, -0.15) is 0 Å². The average Bonchev–Trinajstić information content (AvgIpc) is 2.64. The van der Waals surface area contributed by atoms with Gasteiger partial charge in [-0.15, -0.1) is 0 Å². The molecule has 0 saturated heterocycles. The second-order valence-electron chi connectivity index (χ2n) is 3.50. The van der Waals surface area contributed by atoms with Gasteiger partial charge in [-0.3, -0.25) is 4.79 Å². The van der Waals surface area contributed by atoms with Crippen molar-refractivity contribution in [3.8, 4) is 0 Å². The number of aliphatic carboxylic acids is 1. The van der Waals surface area contributed by atoms with Crippen LogP contribution >= 0.6 is 23.4 Å². The lowest BCUT2D eigenvalue weighted by Crippen LogP contribution is -1.97. The fourth-order valence-corrected chi connectivity index (χ4v) is 2.58. The minimum Gasteiger partial charge on any atom is -0.481 e. The number of carboxylic acids is 1. The largest absolute Gasteiger partial charge is 0.481 e. The minimum atomic E-state index is -0.830. The number of aromatic nitrogens is 1. The van der Waals surface area contributed by atoms with Crippen LogP contribution in [0, 0.1) is 0 Å². The van der Waals surface area contributed by atoms with E-state index in [0.29, 0.717) is 5.02 Å². The maximum absolute atomic E-state index is 10.5. The lowest BCUT2D eigenvalue weighted by Gasteiger charge is -1.98. The highest BCUT2D eigenvalue weighted by atomic mass is 35.5. The quantitative estimate of drug-likeness (QED) is 0.892. The van der Waals surface area contributed by atoms with Crippen molar-refractivity contribution >= 4 is 29.3 Å². The first-order valence-electron chi connectivity index (χ1n) is 4.96. The summed E-state index contributed by atoms with van der Waals surface area (Å²) < 4.78 is 0. The number of aromatic amines is 1. The Morgan fingerprint density at radius 2 is 2.24 bits per heavy atom. The summed E-state index contributed by atoms with van der Waals surface area (Å²) in [4.78, 5) is 14.6. The molecular formula is C12H10ClNO2S. The molecule has 88 valence electrons. The van der Waals surface area contributed by atoms with Gasteiger partial charge in [0.05, 0.1) is 11.4 Å². The van der Waals surface area contributed by atoms with Crippen LogP contribution in [0.15, 0.2) is 46.5 Å². The molecule has 0 aliphatic carbocycles. The van der Waals surface area contributed by atoms with Gasteiger partial charge in [-0.25, -0.2) is 0 Å². The zero-order valence-electron chi connectivity index (χ0n) is 8.81. The van der Waals surface area contributed by atoms with Gasteiger partial charge < -0.3 is 10.1 Å². The van der Waals surface area contributed by atoms with E-state index in [1.165, 1.54) is 11.8 Å². The number of hydrogen-bond acceptors (Lipinski definition) is 2. The van der Waals surface area contributed by atoms with Crippen molar-refractivity contribution in [2.45, 2.75) is 16.3 Å². The van der Waals surface area contributed by atoms with Crippen LogP contribution in [0.1, 0.15) is 5.56 Å². The summed E-state index contributed by atoms with van der Waals surface area (Å²) in [6.45, 7) is 0. The maximum Gasteiger partial charge on any atom is 0.307 e. The van der Waals surface area contributed by atoms with Crippen molar-refractivity contribution in [1.82, 2.24) is 4.98 Å². The normalized spacial score (nSPS) is 10.4. The molecule has 0 saturated carbocycles. The van der Waals surface area contributed by atoms with Gasteiger partial charge in [-0.05, 0) is 29.8 Å². The van der Waals surface area contributed by atoms with Crippen LogP contribution < -0.4 is 0 Å². The Morgan fingerprint density at radius 3 is 2.94 bits per heavy atom. The monoisotopic (exact) mass is 267 g/mol. The lowest BCUT2D eigenvalue weighted by atomic mass is 10.2. The molecular weight excluding hydrogens is 258 g/mol. The van der Waals surface area contributed by atoms with Crippen molar-refractivity contribution in [2.24, 2.45) is 0 Å². The fraction of sp³-hybridized carbons (Fsp3) is 0.0833. The second kappa shape index (κ2) is 5.29. The molecule has 1 aromatic carbocycles. The van der Waals surface area contributed by atoms with Crippen molar-refractivity contribution in [1.29, 1.82) is 0 Å². The van der Waals surface area contributed by atoms with E-state index in [9.17, 15) is 4.79 Å². The second-order valence-corrected chi connectivity index (χ2v) is 5.05. The SMILES string of the molecule is O=C(O)Cc1c[nH]c(Sc2cccc(Cl)c2)c1. The summed E-state index contributed by atoms with van der Waals surface area (Å²) in [5, 5.41) is 10.3. The van der Waals surface area contributed by atoms with Crippen LogP contribution in [0.4, 0.5) is 0 Å². The maximum atomic E-state index is 10.5. The predicted molar refractivity (Wildman–Crippen MR) is 67.7 cm³/mol. The number of carboxylic acid groups (broad SMARTS) is 1. The first-order valence-corrected chi connectivity index (χ1v) is 6.15. The van der Waals surface area contributed by atoms with Crippen LogP contribution in [0.5, 0.6) is 0 Å². The van der Waals surface area contributed by atoms with Crippen molar-refractivity contribution in [2.75, 3.05) is 0 Å². The zero-order chi connectivity index (χ0) is 12.3. The molecule has 0 aliphatic rings. The predicted octanol–water partition coefficient (Wildman–Crippen LogP) is 3.45. The van der Waals surface area contributed by atoms with Crippen molar-refractivity contribution in [3.05, 3.63) is 47.1 Å². The van der Waals surface area contributed by atoms with E-state index in [-0.39, 0.29) is 6.42 Å². The fourth-order valence-electron chi connectivity index (χ4n) is 1.41. The molecule has 5 heteroatoms. The van der Waals surface area contributed by atoms with Crippen molar-refractivity contribution in [3.63, 3.8) is 0 Å². The highest BCUT2D eigenvalue weighted by Gasteiger charge is 2.05. The first-order chi connectivity index (χ1) is 8.13. The van der Waals surface area contributed by atoms with E-state index in [1.807, 2.05) is 30.3 Å². The number of nitrogens with one attached hydrogen (secondary N) is 1. The highest BCUT2D eigenvalue weighted by molar-refractivity contribution is 7.99. The molecule has 2 aromatic rings. The van der Waals surface area contributed by atoms with Crippen LogP contribution in [-0.2, 0) is 11.2 Å². The average molecular weight is 268 g/mol. The Kier molecular flexibility index (Phi) is 3.76. The molecule has 0 bridgehead atoms. The molecule has 0 radical (unpaired) electrons. The molecule has 1 aromatic heterocycles. The van der Waals surface area contributed by atoms with Gasteiger partial charge in [0.2, 0.25) is 0 Å².